The molecule has 1 fully saturated rings. The second-order valence-corrected chi connectivity index (χ2v) is 14.5. The lowest BCUT2D eigenvalue weighted by Gasteiger charge is -2.33. The molecule has 21 nitrogen and oxygen atoms in total. The number of Topliss-reactive ketones (excluding diaryl/α,β-unsaturated/α-hetero) is 1. The van der Waals surface area contributed by atoms with Crippen LogP contribution in [0, 0.1) is 11.8 Å². The summed E-state index contributed by atoms with van der Waals surface area (Å²) in [4.78, 5) is 141. The molecule has 0 spiro atoms. The van der Waals surface area contributed by atoms with Crippen molar-refractivity contribution in [2.75, 3.05) is 19.7 Å². The summed E-state index contributed by atoms with van der Waals surface area (Å²) in [5, 5.41) is 32.9. The second kappa shape index (κ2) is 24.9. The van der Waals surface area contributed by atoms with Crippen LogP contribution in [0.5, 0.6) is 0 Å². The summed E-state index contributed by atoms with van der Waals surface area (Å²) in [7, 11) is 0. The Labute approximate surface area is 336 Å². The number of likely N-dealkylation sites (tertiary alicyclic amines) is 1. The molecule has 0 aliphatic carbocycles. The van der Waals surface area contributed by atoms with Crippen LogP contribution in [-0.4, -0.2) is 136 Å². The van der Waals surface area contributed by atoms with E-state index in [2.05, 4.69) is 31.9 Å². The molecule has 21 heteroatoms. The van der Waals surface area contributed by atoms with Crippen LogP contribution in [0.2, 0.25) is 0 Å². The third-order valence-corrected chi connectivity index (χ3v) is 9.07. The van der Waals surface area contributed by atoms with Gasteiger partial charge in [-0.2, -0.15) is 0 Å². The summed E-state index contributed by atoms with van der Waals surface area (Å²) in [6.07, 6.45) is -0.735. The Balaban J connectivity index is 3.21. The molecule has 7 amide bonds. The Bertz CT molecular complexity index is 1530. The minimum absolute atomic E-state index is 0.0742. The molecule has 6 atom stereocenters. The summed E-state index contributed by atoms with van der Waals surface area (Å²) in [6.45, 7) is 10.5. The molecule has 0 saturated carbocycles. The number of esters is 1. The minimum Gasteiger partial charge on any atom is -0.481 e. The van der Waals surface area contributed by atoms with E-state index in [0.29, 0.717) is 12.8 Å². The highest BCUT2D eigenvalue weighted by Crippen LogP contribution is 2.21. The number of carboxylic acid groups (broad SMARTS) is 2. The van der Waals surface area contributed by atoms with Crippen molar-refractivity contribution >= 4 is 65.0 Å². The van der Waals surface area contributed by atoms with Crippen molar-refractivity contribution in [1.82, 2.24) is 36.8 Å². The fourth-order valence-electron chi connectivity index (χ4n) is 6.05. The van der Waals surface area contributed by atoms with Gasteiger partial charge in [0.15, 0.2) is 0 Å². The largest absolute Gasteiger partial charge is 0.481 e. The molecule has 1 heterocycles. The average Bonchev–Trinajstić information content (AvgIpc) is 3.64. The van der Waals surface area contributed by atoms with Gasteiger partial charge in [-0.15, -0.1) is 0 Å². The number of carbonyl (C=O) groups excluding carboxylic acids is 9. The van der Waals surface area contributed by atoms with Crippen molar-refractivity contribution in [3.05, 3.63) is 0 Å². The van der Waals surface area contributed by atoms with Gasteiger partial charge in [0.05, 0.1) is 12.6 Å². The van der Waals surface area contributed by atoms with Gasteiger partial charge in [-0.25, -0.2) is 0 Å². The van der Waals surface area contributed by atoms with E-state index < -0.39 is 139 Å². The molecule has 58 heavy (non-hydrogen) atoms. The van der Waals surface area contributed by atoms with E-state index in [4.69, 9.17) is 9.84 Å². The van der Waals surface area contributed by atoms with E-state index in [9.17, 15) is 57.8 Å². The Hall–Kier alpha value is -5.63. The molecule has 0 radical (unpaired) electrons. The van der Waals surface area contributed by atoms with Crippen molar-refractivity contribution in [2.45, 2.75) is 136 Å². The highest BCUT2D eigenvalue weighted by Gasteiger charge is 2.41. The average molecular weight is 826 g/mol. The molecular weight excluding hydrogens is 766 g/mol. The highest BCUT2D eigenvalue weighted by atomic mass is 16.5. The Morgan fingerprint density at radius 3 is 1.72 bits per heavy atom. The summed E-state index contributed by atoms with van der Waals surface area (Å²) in [6, 6.07) is -7.74. The quantitative estimate of drug-likeness (QED) is 0.0385. The predicted octanol–water partition coefficient (Wildman–Crippen LogP) is -1.49. The van der Waals surface area contributed by atoms with Gasteiger partial charge in [0.1, 0.15) is 36.8 Å². The van der Waals surface area contributed by atoms with E-state index in [1.54, 1.807) is 41.5 Å². The standard InChI is InChI=1S/C37H59N7O14/c1-8-11-22(31(51)36(56)38-18-28(50)58-9-2)40-34(54)25-12-10-17-44(25)37(57)30(20(5)6)43-35(55)29(19(3)4)42-33(53)24(14-16-27(48)49)41-32(52)23(39-21(7)45)13-15-26(46)47/h19-20,22-25,29-30H,8-18H2,1-7H3,(H,38,56)(H,39,45)(H,40,54)(H,41,52)(H,42,53)(H,43,55)(H,46,47)(H,48,49)/t22-,23-,24-,25-,29-,30-/m0/s1. The number of nitrogens with zero attached hydrogens (tertiary/aromatic N) is 1. The van der Waals surface area contributed by atoms with Gasteiger partial charge in [-0.1, -0.05) is 41.0 Å². The number of nitrogens with one attached hydrogen (secondary N) is 6. The molecule has 0 aromatic carbocycles. The normalized spacial score (nSPS) is 16.2. The number of ketones is 1. The van der Waals surface area contributed by atoms with Gasteiger partial charge in [0.2, 0.25) is 41.2 Å². The lowest BCUT2D eigenvalue weighted by molar-refractivity contribution is -0.146. The van der Waals surface area contributed by atoms with Crippen molar-refractivity contribution < 1.29 is 67.7 Å². The number of amides is 7. The molecule has 326 valence electrons. The maximum absolute atomic E-state index is 14.0. The summed E-state index contributed by atoms with van der Waals surface area (Å²) in [5.41, 5.74) is 0. The molecule has 1 saturated heterocycles. The molecule has 0 aromatic heterocycles. The zero-order chi connectivity index (χ0) is 44.3. The third kappa shape index (κ3) is 16.8. The monoisotopic (exact) mass is 825 g/mol. The Morgan fingerprint density at radius 1 is 0.690 bits per heavy atom. The number of carbonyl (C=O) groups is 11. The van der Waals surface area contributed by atoms with Crippen LogP contribution in [0.1, 0.15) is 99.8 Å². The van der Waals surface area contributed by atoms with Crippen LogP contribution >= 0.6 is 0 Å². The maximum atomic E-state index is 14.0. The predicted molar refractivity (Wildman–Crippen MR) is 203 cm³/mol. The van der Waals surface area contributed by atoms with Crippen LogP contribution in [-0.2, 0) is 57.5 Å². The Kier molecular flexibility index (Phi) is 21.6. The SMILES string of the molecule is CCC[C@H](NC(=O)[C@@H]1CCCN1C(=O)[C@@H](NC(=O)[C@@H](NC(=O)[C@H](CCC(=O)O)NC(=O)[C@H](CCC(=O)O)NC(C)=O)C(C)C)C(C)C)C(=O)C(=O)NCC(=O)OCC. The number of ether oxygens (including phenoxy) is 1. The molecular formula is C37H59N7O14. The molecule has 1 aliphatic rings. The zero-order valence-electron chi connectivity index (χ0n) is 34.1. The summed E-state index contributed by atoms with van der Waals surface area (Å²) < 4.78 is 4.74. The van der Waals surface area contributed by atoms with Gasteiger partial charge in [-0.3, -0.25) is 52.7 Å². The van der Waals surface area contributed by atoms with Gasteiger partial charge >= 0.3 is 17.9 Å². The van der Waals surface area contributed by atoms with E-state index >= 15 is 0 Å². The smallest absolute Gasteiger partial charge is 0.325 e. The van der Waals surface area contributed by atoms with Crippen molar-refractivity contribution in [2.24, 2.45) is 11.8 Å². The topological polar surface area (TPSA) is 313 Å². The van der Waals surface area contributed by atoms with Crippen molar-refractivity contribution in [3.8, 4) is 0 Å². The van der Waals surface area contributed by atoms with Crippen LogP contribution in [0.15, 0.2) is 0 Å². The molecule has 8 N–H and O–H groups in total. The Morgan fingerprint density at radius 2 is 1.22 bits per heavy atom. The lowest BCUT2D eigenvalue weighted by atomic mass is 9.98. The fraction of sp³-hybridized carbons (Fsp3) is 0.703. The van der Waals surface area contributed by atoms with Crippen LogP contribution in [0.4, 0.5) is 0 Å². The molecule has 0 bridgehead atoms. The van der Waals surface area contributed by atoms with Gasteiger partial charge in [-0.05, 0) is 50.9 Å². The number of rotatable bonds is 25. The number of aliphatic carboxylic acids is 2. The number of carboxylic acids is 2. The maximum Gasteiger partial charge on any atom is 0.325 e. The van der Waals surface area contributed by atoms with Crippen molar-refractivity contribution in [3.63, 3.8) is 0 Å². The number of hydrogen-bond donors (Lipinski definition) is 8. The van der Waals surface area contributed by atoms with E-state index in [0.717, 1.165) is 6.92 Å². The lowest BCUT2D eigenvalue weighted by Crippen LogP contribution is -2.61. The summed E-state index contributed by atoms with van der Waals surface area (Å²) in [5.74, 6) is -11.2. The third-order valence-electron chi connectivity index (χ3n) is 9.07. The van der Waals surface area contributed by atoms with E-state index in [1.807, 2.05) is 0 Å². The zero-order valence-corrected chi connectivity index (χ0v) is 34.1. The van der Waals surface area contributed by atoms with Gasteiger partial charge in [0, 0.05) is 26.3 Å². The minimum atomic E-state index is -1.53. The van der Waals surface area contributed by atoms with Crippen LogP contribution < -0.4 is 31.9 Å². The summed E-state index contributed by atoms with van der Waals surface area (Å²) >= 11 is 0. The first-order valence-corrected chi connectivity index (χ1v) is 19.3. The molecule has 1 aliphatic heterocycles. The molecule has 0 aromatic rings. The van der Waals surface area contributed by atoms with E-state index in [1.165, 1.54) is 4.90 Å². The molecule has 1 rings (SSSR count). The van der Waals surface area contributed by atoms with E-state index in [-0.39, 0.29) is 32.4 Å². The van der Waals surface area contributed by atoms with Crippen LogP contribution in [0.3, 0.4) is 0 Å². The van der Waals surface area contributed by atoms with Crippen LogP contribution in [0.25, 0.3) is 0 Å². The van der Waals surface area contributed by atoms with Gasteiger partial charge in [0.25, 0.3) is 5.91 Å². The van der Waals surface area contributed by atoms with Gasteiger partial charge < -0.3 is 51.8 Å². The highest BCUT2D eigenvalue weighted by molar-refractivity contribution is 6.38. The fourth-order valence-corrected chi connectivity index (χ4v) is 6.05. The first-order valence-electron chi connectivity index (χ1n) is 19.3. The number of hydrogen-bond acceptors (Lipinski definition) is 12. The van der Waals surface area contributed by atoms with Crippen molar-refractivity contribution in [1.29, 1.82) is 0 Å². The first kappa shape index (κ1) is 50.4. The first-order chi connectivity index (χ1) is 27.1. The second-order valence-electron chi connectivity index (χ2n) is 14.5. The molecule has 0 unspecified atom stereocenters.